The predicted molar refractivity (Wildman–Crippen MR) is 67.8 cm³/mol. The molecule has 1 saturated carbocycles. The van der Waals surface area contributed by atoms with Gasteiger partial charge in [-0.25, -0.2) is 0 Å². The Kier molecular flexibility index (Phi) is 3.54. The number of alkyl halides is 1. The van der Waals surface area contributed by atoms with Gasteiger partial charge in [-0.1, -0.05) is 13.8 Å². The monoisotopic (exact) mass is 245 g/mol. The van der Waals surface area contributed by atoms with Gasteiger partial charge < -0.3 is 10.4 Å². The van der Waals surface area contributed by atoms with Crippen molar-refractivity contribution in [3.05, 3.63) is 0 Å². The first-order valence-electron chi connectivity index (χ1n) is 6.53. The molecule has 0 amide bonds. The molecule has 2 nitrogen and oxygen atoms in total. The van der Waals surface area contributed by atoms with Gasteiger partial charge in [-0.2, -0.15) is 0 Å². The summed E-state index contributed by atoms with van der Waals surface area (Å²) in [4.78, 5) is 0. The van der Waals surface area contributed by atoms with Crippen LogP contribution >= 0.6 is 11.6 Å². The first kappa shape index (κ1) is 12.7. The summed E-state index contributed by atoms with van der Waals surface area (Å²) in [6.07, 6.45) is 5.20. The van der Waals surface area contributed by atoms with Gasteiger partial charge in [0.05, 0.1) is 5.60 Å². The molecule has 16 heavy (non-hydrogen) atoms. The van der Waals surface area contributed by atoms with Crippen molar-refractivity contribution in [1.29, 1.82) is 0 Å². The Bertz CT molecular complexity index is 248. The highest BCUT2D eigenvalue weighted by atomic mass is 35.5. The third-order valence-corrected chi connectivity index (χ3v) is 5.19. The maximum absolute atomic E-state index is 11.0. The van der Waals surface area contributed by atoms with E-state index in [4.69, 9.17) is 11.6 Å². The topological polar surface area (TPSA) is 32.3 Å². The van der Waals surface area contributed by atoms with Crippen molar-refractivity contribution in [1.82, 2.24) is 5.32 Å². The standard InChI is InChI=1S/C13H24ClNO/c1-12(2)9-15-8-7-13(12,16)10-3-5-11(14)6-4-10/h10-11,15-16H,3-9H2,1-2H3/t10?,11?,13-/m0/s1. The molecule has 0 aromatic carbocycles. The van der Waals surface area contributed by atoms with Gasteiger partial charge in [0.15, 0.2) is 0 Å². The molecular formula is C13H24ClNO. The number of rotatable bonds is 1. The molecule has 94 valence electrons. The Morgan fingerprint density at radius 1 is 1.19 bits per heavy atom. The van der Waals surface area contributed by atoms with E-state index < -0.39 is 5.60 Å². The minimum Gasteiger partial charge on any atom is -0.389 e. The van der Waals surface area contributed by atoms with Gasteiger partial charge in [-0.15, -0.1) is 11.6 Å². The van der Waals surface area contributed by atoms with Crippen molar-refractivity contribution in [3.8, 4) is 0 Å². The first-order valence-corrected chi connectivity index (χ1v) is 6.96. The third-order valence-electron chi connectivity index (χ3n) is 4.75. The highest BCUT2D eigenvalue weighted by Crippen LogP contribution is 2.47. The lowest BCUT2D eigenvalue weighted by Gasteiger charge is -2.52. The van der Waals surface area contributed by atoms with Crippen LogP contribution in [0.15, 0.2) is 0 Å². The molecule has 2 N–H and O–H groups in total. The van der Waals surface area contributed by atoms with Crippen LogP contribution in [0.1, 0.15) is 46.0 Å². The number of hydrogen-bond donors (Lipinski definition) is 2. The molecule has 0 aromatic rings. The quantitative estimate of drug-likeness (QED) is 0.696. The maximum atomic E-state index is 11.0. The number of nitrogens with one attached hydrogen (secondary N) is 1. The largest absolute Gasteiger partial charge is 0.389 e. The van der Waals surface area contributed by atoms with Crippen molar-refractivity contribution in [2.75, 3.05) is 13.1 Å². The summed E-state index contributed by atoms with van der Waals surface area (Å²) in [5.74, 6) is 0.444. The van der Waals surface area contributed by atoms with E-state index in [0.717, 1.165) is 45.2 Å². The highest BCUT2D eigenvalue weighted by Gasteiger charge is 2.50. The Morgan fingerprint density at radius 3 is 2.38 bits per heavy atom. The fourth-order valence-corrected chi connectivity index (χ4v) is 3.71. The average Bonchev–Trinajstić information content (AvgIpc) is 2.23. The zero-order chi connectivity index (χ0) is 11.8. The predicted octanol–water partition coefficient (Wildman–Crippen LogP) is 2.53. The minimum absolute atomic E-state index is 0.0188. The summed E-state index contributed by atoms with van der Waals surface area (Å²) in [6, 6.07) is 0. The van der Waals surface area contributed by atoms with E-state index in [2.05, 4.69) is 19.2 Å². The van der Waals surface area contributed by atoms with Gasteiger partial charge >= 0.3 is 0 Å². The Balaban J connectivity index is 2.10. The molecule has 1 atom stereocenters. The molecule has 2 aliphatic rings. The summed E-state index contributed by atoms with van der Waals surface area (Å²) in [5, 5.41) is 14.8. The van der Waals surface area contributed by atoms with Crippen LogP contribution in [0.2, 0.25) is 0 Å². The molecule has 0 aromatic heterocycles. The van der Waals surface area contributed by atoms with Gasteiger partial charge in [-0.3, -0.25) is 0 Å². The number of halogens is 1. The number of aliphatic hydroxyl groups is 1. The van der Waals surface area contributed by atoms with Crippen LogP contribution in [0.5, 0.6) is 0 Å². The van der Waals surface area contributed by atoms with Crippen LogP contribution in [0.4, 0.5) is 0 Å². The molecule has 0 bridgehead atoms. The minimum atomic E-state index is -0.491. The van der Waals surface area contributed by atoms with Crippen LogP contribution in [0.25, 0.3) is 0 Å². The average molecular weight is 246 g/mol. The lowest BCUT2D eigenvalue weighted by molar-refractivity contribution is -0.138. The van der Waals surface area contributed by atoms with Gasteiger partial charge in [0.25, 0.3) is 0 Å². The molecule has 1 aliphatic carbocycles. The molecular weight excluding hydrogens is 222 g/mol. The second-order valence-electron chi connectivity index (χ2n) is 6.18. The maximum Gasteiger partial charge on any atom is 0.0750 e. The molecule has 2 fully saturated rings. The smallest absolute Gasteiger partial charge is 0.0750 e. The summed E-state index contributed by atoms with van der Waals surface area (Å²) in [5.41, 5.74) is -0.510. The lowest BCUT2D eigenvalue weighted by atomic mass is 9.61. The normalized spacial score (nSPS) is 44.2. The summed E-state index contributed by atoms with van der Waals surface area (Å²) in [6.45, 7) is 6.24. The lowest BCUT2D eigenvalue weighted by Crippen LogP contribution is -2.60. The van der Waals surface area contributed by atoms with Crippen LogP contribution in [-0.4, -0.2) is 29.2 Å². The van der Waals surface area contributed by atoms with E-state index in [1.54, 1.807) is 0 Å². The Morgan fingerprint density at radius 2 is 1.81 bits per heavy atom. The van der Waals surface area contributed by atoms with Crippen LogP contribution < -0.4 is 5.32 Å². The van der Waals surface area contributed by atoms with Crippen molar-refractivity contribution >= 4 is 11.6 Å². The van der Waals surface area contributed by atoms with E-state index in [1.807, 2.05) is 0 Å². The van der Waals surface area contributed by atoms with Crippen molar-refractivity contribution in [2.45, 2.75) is 56.9 Å². The molecule has 1 saturated heterocycles. The van der Waals surface area contributed by atoms with Gasteiger partial charge in [0.2, 0.25) is 0 Å². The van der Waals surface area contributed by atoms with Gasteiger partial charge in [0, 0.05) is 17.3 Å². The highest BCUT2D eigenvalue weighted by molar-refractivity contribution is 6.20. The van der Waals surface area contributed by atoms with Crippen LogP contribution in [0.3, 0.4) is 0 Å². The summed E-state index contributed by atoms with van der Waals surface area (Å²) >= 11 is 6.14. The Labute approximate surface area is 104 Å². The van der Waals surface area contributed by atoms with Crippen molar-refractivity contribution < 1.29 is 5.11 Å². The molecule has 0 unspecified atom stereocenters. The number of hydrogen-bond acceptors (Lipinski definition) is 2. The zero-order valence-corrected chi connectivity index (χ0v) is 11.2. The number of piperidine rings is 1. The van der Waals surface area contributed by atoms with Gasteiger partial charge in [-0.05, 0) is 44.6 Å². The fraction of sp³-hybridized carbons (Fsp3) is 1.00. The second-order valence-corrected chi connectivity index (χ2v) is 6.80. The fourth-order valence-electron chi connectivity index (χ4n) is 3.46. The van der Waals surface area contributed by atoms with Crippen LogP contribution in [-0.2, 0) is 0 Å². The van der Waals surface area contributed by atoms with E-state index in [-0.39, 0.29) is 5.41 Å². The first-order chi connectivity index (χ1) is 7.46. The molecule has 1 aliphatic heterocycles. The van der Waals surface area contributed by atoms with E-state index in [9.17, 15) is 5.11 Å². The SMILES string of the molecule is CC1(C)CNCC[C@]1(O)C1CCC(Cl)CC1. The molecule has 3 heteroatoms. The van der Waals surface area contributed by atoms with E-state index >= 15 is 0 Å². The van der Waals surface area contributed by atoms with Crippen LogP contribution in [0, 0.1) is 11.3 Å². The van der Waals surface area contributed by atoms with E-state index in [1.165, 1.54) is 0 Å². The van der Waals surface area contributed by atoms with Gasteiger partial charge in [0.1, 0.15) is 0 Å². The Hall–Kier alpha value is 0.210. The van der Waals surface area contributed by atoms with Crippen molar-refractivity contribution in [3.63, 3.8) is 0 Å². The summed E-state index contributed by atoms with van der Waals surface area (Å²) in [7, 11) is 0. The third kappa shape index (κ3) is 2.12. The van der Waals surface area contributed by atoms with Crippen molar-refractivity contribution in [2.24, 2.45) is 11.3 Å². The summed E-state index contributed by atoms with van der Waals surface area (Å²) < 4.78 is 0. The zero-order valence-electron chi connectivity index (χ0n) is 10.4. The molecule has 2 rings (SSSR count). The molecule has 0 spiro atoms. The molecule has 0 radical (unpaired) electrons. The second kappa shape index (κ2) is 4.47. The molecule has 1 heterocycles. The van der Waals surface area contributed by atoms with E-state index in [0.29, 0.717) is 11.3 Å².